The van der Waals surface area contributed by atoms with E-state index in [0.717, 1.165) is 50.2 Å². The van der Waals surface area contributed by atoms with Gasteiger partial charge in [-0.1, -0.05) is 90.6 Å². The Bertz CT molecular complexity index is 1510. The van der Waals surface area contributed by atoms with Gasteiger partial charge in [-0.2, -0.15) is 0 Å². The van der Waals surface area contributed by atoms with Crippen LogP contribution in [0.15, 0.2) is 117 Å². The van der Waals surface area contributed by atoms with E-state index in [1.807, 2.05) is 47.4 Å². The molecule has 0 aliphatic carbocycles. The molecule has 1 saturated heterocycles. The Labute approximate surface area is 219 Å². The van der Waals surface area contributed by atoms with Crippen LogP contribution in [0.2, 0.25) is 0 Å². The fourth-order valence-electron chi connectivity index (χ4n) is 4.63. The summed E-state index contributed by atoms with van der Waals surface area (Å²) in [5.41, 5.74) is 3.25. The van der Waals surface area contributed by atoms with Gasteiger partial charge in [0.05, 0.1) is 11.4 Å². The van der Waals surface area contributed by atoms with Crippen molar-refractivity contribution in [1.29, 1.82) is 0 Å². The summed E-state index contributed by atoms with van der Waals surface area (Å²) in [5, 5.41) is 3.97. The van der Waals surface area contributed by atoms with Crippen LogP contribution >= 0.6 is 23.5 Å². The SMILES string of the molecule is CCN1/C(=C2/SC(=Nc3cccc4ccccc34)N(CCc3ccccc3)C2=O)Sc2ccccc21. The first kappa shape index (κ1) is 23.0. The lowest BCUT2D eigenvalue weighted by Gasteiger charge is -2.19. The minimum absolute atomic E-state index is 0.0312. The van der Waals surface area contributed by atoms with Crippen LogP contribution in [0.1, 0.15) is 12.5 Å². The highest BCUT2D eigenvalue weighted by Gasteiger charge is 2.39. The lowest BCUT2D eigenvalue weighted by atomic mass is 10.1. The van der Waals surface area contributed by atoms with Crippen molar-refractivity contribution in [3.05, 3.63) is 113 Å². The maximum atomic E-state index is 13.9. The number of fused-ring (bicyclic) bond motifs is 2. The molecule has 0 spiro atoms. The van der Waals surface area contributed by atoms with Crippen molar-refractivity contribution in [2.45, 2.75) is 18.2 Å². The molecule has 0 aromatic heterocycles. The zero-order chi connectivity index (χ0) is 24.5. The van der Waals surface area contributed by atoms with Crippen molar-refractivity contribution < 1.29 is 4.79 Å². The van der Waals surface area contributed by atoms with Crippen LogP contribution in [-0.4, -0.2) is 29.1 Å². The Hall–Kier alpha value is -3.48. The Morgan fingerprint density at radius 2 is 1.53 bits per heavy atom. The lowest BCUT2D eigenvalue weighted by Crippen LogP contribution is -2.32. The standard InChI is InChI=1S/C30H25N3OS2/c1-2-32-25-17-8-9-18-26(25)35-29(32)27-28(34)33(20-19-21-11-4-3-5-12-21)30(36-27)31-24-16-10-14-22-13-6-7-15-23(22)24/h3-18H,2,19-20H2,1H3/b29-27-,31-30?. The molecule has 4 aromatic rings. The van der Waals surface area contributed by atoms with Gasteiger partial charge in [-0.05, 0) is 54.3 Å². The van der Waals surface area contributed by atoms with E-state index in [2.05, 4.69) is 66.4 Å². The number of amides is 1. The molecule has 1 fully saturated rings. The molecule has 1 amide bonds. The number of hydrogen-bond donors (Lipinski definition) is 0. The third kappa shape index (κ3) is 4.21. The minimum Gasteiger partial charge on any atom is -0.334 e. The lowest BCUT2D eigenvalue weighted by molar-refractivity contribution is -0.122. The van der Waals surface area contributed by atoms with Gasteiger partial charge in [0, 0.05) is 23.4 Å². The maximum Gasteiger partial charge on any atom is 0.269 e. The Balaban J connectivity index is 1.42. The topological polar surface area (TPSA) is 35.9 Å². The van der Waals surface area contributed by atoms with Crippen LogP contribution in [0.5, 0.6) is 0 Å². The van der Waals surface area contributed by atoms with Crippen LogP contribution < -0.4 is 4.90 Å². The molecule has 0 saturated carbocycles. The highest BCUT2D eigenvalue weighted by atomic mass is 32.2. The Kier molecular flexibility index (Phi) is 6.30. The van der Waals surface area contributed by atoms with Crippen LogP contribution in [0.3, 0.4) is 0 Å². The van der Waals surface area contributed by atoms with E-state index in [-0.39, 0.29) is 5.91 Å². The van der Waals surface area contributed by atoms with Gasteiger partial charge >= 0.3 is 0 Å². The van der Waals surface area contributed by atoms with E-state index in [9.17, 15) is 4.79 Å². The van der Waals surface area contributed by atoms with Crippen LogP contribution in [0, 0.1) is 0 Å². The predicted molar refractivity (Wildman–Crippen MR) is 153 cm³/mol. The van der Waals surface area contributed by atoms with Gasteiger partial charge in [-0.3, -0.25) is 9.69 Å². The van der Waals surface area contributed by atoms with Crippen molar-refractivity contribution in [3.63, 3.8) is 0 Å². The third-order valence-corrected chi connectivity index (χ3v) is 8.81. The number of anilines is 1. The number of para-hydroxylation sites is 1. The van der Waals surface area contributed by atoms with E-state index in [1.54, 1.807) is 11.8 Å². The molecule has 178 valence electrons. The maximum absolute atomic E-state index is 13.9. The first-order valence-electron chi connectivity index (χ1n) is 12.1. The first-order chi connectivity index (χ1) is 17.7. The van der Waals surface area contributed by atoms with Crippen LogP contribution in [0.25, 0.3) is 10.8 Å². The average Bonchev–Trinajstić information content (AvgIpc) is 3.45. The van der Waals surface area contributed by atoms with Crippen molar-refractivity contribution >= 4 is 56.7 Å². The molecule has 4 nitrogen and oxygen atoms in total. The summed E-state index contributed by atoms with van der Waals surface area (Å²) in [7, 11) is 0. The molecule has 0 atom stereocenters. The van der Waals surface area contributed by atoms with Crippen LogP contribution in [-0.2, 0) is 11.2 Å². The summed E-state index contributed by atoms with van der Waals surface area (Å²) in [6.07, 6.45) is 0.773. The van der Waals surface area contributed by atoms with Gasteiger partial charge in [0.2, 0.25) is 0 Å². The van der Waals surface area contributed by atoms with Crippen molar-refractivity contribution in [2.75, 3.05) is 18.0 Å². The molecule has 0 bridgehead atoms. The number of nitrogens with zero attached hydrogens (tertiary/aromatic N) is 3. The van der Waals surface area contributed by atoms with Gasteiger partial charge in [0.1, 0.15) is 9.93 Å². The molecule has 0 radical (unpaired) electrons. The smallest absolute Gasteiger partial charge is 0.269 e. The zero-order valence-corrected chi connectivity index (χ0v) is 21.6. The second-order valence-electron chi connectivity index (χ2n) is 8.64. The summed E-state index contributed by atoms with van der Waals surface area (Å²) in [4.78, 5) is 25.0. The highest BCUT2D eigenvalue weighted by Crippen LogP contribution is 2.50. The van der Waals surface area contributed by atoms with Crippen molar-refractivity contribution in [3.8, 4) is 0 Å². The number of amidine groups is 1. The fourth-order valence-corrected chi connectivity index (χ4v) is 7.04. The monoisotopic (exact) mass is 507 g/mol. The van der Waals surface area contributed by atoms with E-state index in [0.29, 0.717) is 6.54 Å². The van der Waals surface area contributed by atoms with Gasteiger partial charge in [-0.25, -0.2) is 4.99 Å². The summed E-state index contributed by atoms with van der Waals surface area (Å²) in [5.74, 6) is 0.0312. The predicted octanol–water partition coefficient (Wildman–Crippen LogP) is 7.45. The van der Waals surface area contributed by atoms with Crippen molar-refractivity contribution in [2.24, 2.45) is 4.99 Å². The molecule has 0 N–H and O–H groups in total. The molecule has 6 rings (SSSR count). The normalized spacial score (nSPS) is 18.5. The summed E-state index contributed by atoms with van der Waals surface area (Å²) in [6.45, 7) is 3.52. The second kappa shape index (κ2) is 9.88. The zero-order valence-electron chi connectivity index (χ0n) is 19.9. The number of thioether (sulfide) groups is 2. The molecule has 4 aromatic carbocycles. The quantitative estimate of drug-likeness (QED) is 0.263. The Morgan fingerprint density at radius 1 is 0.778 bits per heavy atom. The average molecular weight is 508 g/mol. The number of benzene rings is 4. The van der Waals surface area contributed by atoms with E-state index >= 15 is 0 Å². The first-order valence-corrected chi connectivity index (χ1v) is 13.7. The van der Waals surface area contributed by atoms with E-state index in [4.69, 9.17) is 4.99 Å². The van der Waals surface area contributed by atoms with Gasteiger partial charge in [0.15, 0.2) is 5.17 Å². The number of hydrogen-bond acceptors (Lipinski definition) is 5. The summed E-state index contributed by atoms with van der Waals surface area (Å²) < 4.78 is 0. The van der Waals surface area contributed by atoms with Gasteiger partial charge < -0.3 is 4.90 Å². The number of carbonyl (C=O) groups excluding carboxylic acids is 1. The second-order valence-corrected chi connectivity index (χ2v) is 10.6. The molecule has 36 heavy (non-hydrogen) atoms. The van der Waals surface area contributed by atoms with Gasteiger partial charge in [0.25, 0.3) is 5.91 Å². The minimum atomic E-state index is 0.0312. The van der Waals surface area contributed by atoms with E-state index < -0.39 is 0 Å². The third-order valence-electron chi connectivity index (χ3n) is 6.43. The van der Waals surface area contributed by atoms with Crippen LogP contribution in [0.4, 0.5) is 11.4 Å². The molecule has 0 unspecified atom stereocenters. The summed E-state index contributed by atoms with van der Waals surface area (Å²) >= 11 is 3.18. The molecular formula is C30H25N3OS2. The molecule has 2 heterocycles. The molecule has 6 heteroatoms. The van der Waals surface area contributed by atoms with Crippen molar-refractivity contribution in [1.82, 2.24) is 4.90 Å². The number of aliphatic imine (C=N–C) groups is 1. The highest BCUT2D eigenvalue weighted by molar-refractivity contribution is 8.19. The fraction of sp³-hybridized carbons (Fsp3) is 0.133. The number of carbonyl (C=O) groups is 1. The van der Waals surface area contributed by atoms with E-state index in [1.165, 1.54) is 22.2 Å². The number of rotatable bonds is 5. The molecular weight excluding hydrogens is 482 g/mol. The molecule has 2 aliphatic rings. The Morgan fingerprint density at radius 3 is 2.39 bits per heavy atom. The van der Waals surface area contributed by atoms with Gasteiger partial charge in [-0.15, -0.1) is 0 Å². The molecule has 2 aliphatic heterocycles. The largest absolute Gasteiger partial charge is 0.334 e. The summed E-state index contributed by atoms with van der Waals surface area (Å²) in [6, 6.07) is 33.1.